The van der Waals surface area contributed by atoms with Crippen molar-refractivity contribution in [2.45, 2.75) is 6.92 Å². The molecule has 0 aromatic carbocycles. The third-order valence-corrected chi connectivity index (χ3v) is 0.301. The van der Waals surface area contributed by atoms with Crippen molar-refractivity contribution in [1.29, 1.82) is 0 Å². The molecule has 0 aliphatic carbocycles. The van der Waals surface area contributed by atoms with Gasteiger partial charge in [0, 0.05) is 58.3 Å². The predicted molar refractivity (Wildman–Crippen MR) is 24.1 cm³/mol. The molecule has 0 spiro atoms. The van der Waals surface area contributed by atoms with Crippen molar-refractivity contribution in [2.75, 3.05) is 0 Å². The zero-order valence-electron chi connectivity index (χ0n) is 4.26. The second-order valence-corrected chi connectivity index (χ2v) is 0.861. The molecule has 0 amide bonds. The van der Waals surface area contributed by atoms with Crippen LogP contribution >= 0.6 is 0 Å². The number of carboxylic acid groups (broad SMARTS) is 1. The van der Waals surface area contributed by atoms with E-state index in [1.807, 2.05) is 0 Å². The molecule has 0 saturated carbocycles. The number of carbonyl (C=O) groups is 2. The van der Waals surface area contributed by atoms with Crippen LogP contribution in [0, 0.1) is 0 Å². The van der Waals surface area contributed by atoms with Gasteiger partial charge in [0.05, 0.1) is 0 Å². The molecule has 1 radical (unpaired) electrons. The maximum Gasteiger partial charge on any atom is 0.371 e. The molecule has 0 saturated heterocycles. The Balaban J connectivity index is 0. The summed E-state index contributed by atoms with van der Waals surface area (Å²) >= 11 is 0. The number of ketones is 1. The first kappa shape index (κ1) is 10.7. The number of Topliss-reactive ketones (excluding diaryl/α,β-unsaturated/α-hetero) is 1. The van der Waals surface area contributed by atoms with Gasteiger partial charge in [0.25, 0.3) is 0 Å². The maximum absolute atomic E-state index is 9.54. The van der Waals surface area contributed by atoms with E-state index in [0.717, 1.165) is 6.92 Å². The monoisotopic (exact) mass is 127 g/mol. The van der Waals surface area contributed by atoms with Gasteiger partial charge in [-0.05, 0) is 0 Å². The van der Waals surface area contributed by atoms with E-state index in [0.29, 0.717) is 0 Å². The molecule has 0 fully saturated rings. The average molecular weight is 127 g/mol. The van der Waals surface area contributed by atoms with E-state index in [1.54, 1.807) is 0 Å². The second-order valence-electron chi connectivity index (χ2n) is 0.861. The number of carboxylic acids is 1. The summed E-state index contributed by atoms with van der Waals surface area (Å²) in [7, 11) is 0. The van der Waals surface area contributed by atoms with Crippen LogP contribution in [0.25, 0.3) is 0 Å². The van der Waals surface area contributed by atoms with Crippen molar-refractivity contribution in [3.05, 3.63) is 0 Å². The number of aliphatic carboxylic acids is 1. The Bertz CT molecular complexity index is 76.2. The molecular weight excluding hydrogens is 123 g/mol. The fourth-order valence-electron chi connectivity index (χ4n) is 0. The van der Waals surface area contributed by atoms with Crippen LogP contribution in [0.5, 0.6) is 0 Å². The van der Waals surface area contributed by atoms with Crippen LogP contribution < -0.4 is 0 Å². The zero-order valence-corrected chi connectivity index (χ0v) is 7.39. The minimum absolute atomic E-state index is 0. The molecular formula is C3H4KO3. The fraction of sp³-hybridized carbons (Fsp3) is 0.333. The van der Waals surface area contributed by atoms with Crippen molar-refractivity contribution in [2.24, 2.45) is 0 Å². The van der Waals surface area contributed by atoms with Gasteiger partial charge in [-0.3, -0.25) is 4.79 Å². The summed E-state index contributed by atoms with van der Waals surface area (Å²) in [6.45, 7) is 1.00. The van der Waals surface area contributed by atoms with Crippen LogP contribution in [0.2, 0.25) is 0 Å². The molecule has 3 nitrogen and oxygen atoms in total. The van der Waals surface area contributed by atoms with Crippen LogP contribution in [0.3, 0.4) is 0 Å². The molecule has 0 rings (SSSR count). The third-order valence-electron chi connectivity index (χ3n) is 0.301. The Morgan fingerprint density at radius 2 is 1.57 bits per heavy atom. The largest absolute Gasteiger partial charge is 0.476 e. The maximum atomic E-state index is 9.54. The average Bonchev–Trinajstić information content (AvgIpc) is 1.36. The predicted octanol–water partition coefficient (Wildman–Crippen LogP) is -0.721. The quantitative estimate of drug-likeness (QED) is 0.373. The summed E-state index contributed by atoms with van der Waals surface area (Å²) < 4.78 is 0. The molecule has 0 aromatic rings. The molecule has 0 unspecified atom stereocenters. The van der Waals surface area contributed by atoms with Crippen molar-refractivity contribution in [3.8, 4) is 0 Å². The molecule has 35 valence electrons. The van der Waals surface area contributed by atoms with E-state index in [4.69, 9.17) is 5.11 Å². The fourth-order valence-corrected chi connectivity index (χ4v) is 0. The van der Waals surface area contributed by atoms with E-state index in [2.05, 4.69) is 0 Å². The van der Waals surface area contributed by atoms with E-state index in [9.17, 15) is 9.59 Å². The summed E-state index contributed by atoms with van der Waals surface area (Å²) in [5, 5.41) is 7.64. The van der Waals surface area contributed by atoms with Crippen molar-refractivity contribution in [1.82, 2.24) is 0 Å². The molecule has 0 aliphatic rings. The van der Waals surface area contributed by atoms with Gasteiger partial charge in [-0.1, -0.05) is 0 Å². The Labute approximate surface area is 83.5 Å². The van der Waals surface area contributed by atoms with Gasteiger partial charge in [-0.2, -0.15) is 0 Å². The van der Waals surface area contributed by atoms with Crippen LogP contribution in [0.1, 0.15) is 6.92 Å². The Hall–Kier alpha value is 0.776. The minimum atomic E-state index is -1.38. The van der Waals surface area contributed by atoms with Crippen LogP contribution in [-0.2, 0) is 9.59 Å². The number of rotatable bonds is 1. The summed E-state index contributed by atoms with van der Waals surface area (Å²) in [4.78, 5) is 18.9. The SMILES string of the molecule is CC(=O)C(=O)O.[K]. The Morgan fingerprint density at radius 3 is 1.57 bits per heavy atom. The first-order chi connectivity index (χ1) is 2.64. The summed E-state index contributed by atoms with van der Waals surface area (Å²) in [6.07, 6.45) is 0. The topological polar surface area (TPSA) is 54.4 Å². The molecule has 7 heavy (non-hydrogen) atoms. The van der Waals surface area contributed by atoms with Gasteiger partial charge in [0.1, 0.15) is 0 Å². The first-order valence-corrected chi connectivity index (χ1v) is 1.38. The minimum Gasteiger partial charge on any atom is -0.476 e. The number of hydrogen-bond donors (Lipinski definition) is 1. The molecule has 0 atom stereocenters. The third kappa shape index (κ3) is 6.78. The number of carbonyl (C=O) groups excluding carboxylic acids is 1. The van der Waals surface area contributed by atoms with Gasteiger partial charge < -0.3 is 5.11 Å². The van der Waals surface area contributed by atoms with E-state index < -0.39 is 11.8 Å². The molecule has 0 aliphatic heterocycles. The van der Waals surface area contributed by atoms with E-state index in [1.165, 1.54) is 0 Å². The normalized spacial score (nSPS) is 6.43. The van der Waals surface area contributed by atoms with Crippen molar-refractivity contribution >= 4 is 63.1 Å². The summed E-state index contributed by atoms with van der Waals surface area (Å²) in [5.74, 6) is -2.20. The van der Waals surface area contributed by atoms with Crippen molar-refractivity contribution in [3.63, 3.8) is 0 Å². The van der Waals surface area contributed by atoms with Crippen LogP contribution in [0.15, 0.2) is 0 Å². The van der Waals surface area contributed by atoms with Gasteiger partial charge >= 0.3 is 5.97 Å². The standard InChI is InChI=1S/C3H4O3.K/c1-2(4)3(5)6;/h1H3,(H,5,6);. The Morgan fingerprint density at radius 1 is 1.43 bits per heavy atom. The first-order valence-electron chi connectivity index (χ1n) is 1.38. The second kappa shape index (κ2) is 4.92. The molecule has 0 aromatic heterocycles. The van der Waals surface area contributed by atoms with Gasteiger partial charge in [0.15, 0.2) is 0 Å². The van der Waals surface area contributed by atoms with Crippen LogP contribution in [-0.4, -0.2) is 68.2 Å². The molecule has 1 N–H and O–H groups in total. The van der Waals surface area contributed by atoms with Crippen molar-refractivity contribution < 1.29 is 14.7 Å². The van der Waals surface area contributed by atoms with E-state index in [-0.39, 0.29) is 51.4 Å². The van der Waals surface area contributed by atoms with Crippen LogP contribution in [0.4, 0.5) is 0 Å². The van der Waals surface area contributed by atoms with E-state index >= 15 is 0 Å². The summed E-state index contributed by atoms with van der Waals surface area (Å²) in [5.41, 5.74) is 0. The summed E-state index contributed by atoms with van der Waals surface area (Å²) in [6, 6.07) is 0. The van der Waals surface area contributed by atoms with Gasteiger partial charge in [-0.15, -0.1) is 0 Å². The Kier molecular flexibility index (Phi) is 7.53. The zero-order chi connectivity index (χ0) is 5.15. The molecule has 4 heteroatoms. The smallest absolute Gasteiger partial charge is 0.371 e. The van der Waals surface area contributed by atoms with Gasteiger partial charge in [-0.25, -0.2) is 4.79 Å². The molecule has 0 bridgehead atoms. The number of hydrogen-bond acceptors (Lipinski definition) is 2. The van der Waals surface area contributed by atoms with Gasteiger partial charge in [0.2, 0.25) is 5.78 Å². The molecule has 0 heterocycles.